The number of nitriles is 1. The summed E-state index contributed by atoms with van der Waals surface area (Å²) < 4.78 is 26.1. The largest absolute Gasteiger partial charge is 0.478 e. The molecular formula is C13H14N2O4S. The third-order valence-electron chi connectivity index (χ3n) is 2.41. The first-order valence-corrected chi connectivity index (χ1v) is 7.24. The molecule has 1 aromatic rings. The number of carbonyl (C=O) groups is 1. The molecule has 6 nitrogen and oxygen atoms in total. The first kappa shape index (κ1) is 15.9. The van der Waals surface area contributed by atoms with Crippen molar-refractivity contribution in [2.75, 3.05) is 6.54 Å². The van der Waals surface area contributed by atoms with Crippen LogP contribution in [0, 0.1) is 17.2 Å². The molecule has 0 saturated heterocycles. The summed E-state index contributed by atoms with van der Waals surface area (Å²) in [6.45, 7) is 1.65. The summed E-state index contributed by atoms with van der Waals surface area (Å²) in [4.78, 5) is 10.4. The Labute approximate surface area is 117 Å². The molecule has 0 aliphatic carbocycles. The summed E-state index contributed by atoms with van der Waals surface area (Å²) in [6.07, 6.45) is 2.33. The predicted molar refractivity (Wildman–Crippen MR) is 73.1 cm³/mol. The van der Waals surface area contributed by atoms with Crippen molar-refractivity contribution in [2.24, 2.45) is 5.92 Å². The third kappa shape index (κ3) is 4.84. The predicted octanol–water partition coefficient (Wildman–Crippen LogP) is 1.22. The van der Waals surface area contributed by atoms with E-state index in [1.807, 2.05) is 6.07 Å². The zero-order valence-corrected chi connectivity index (χ0v) is 11.6. The van der Waals surface area contributed by atoms with E-state index in [9.17, 15) is 13.2 Å². The molecular weight excluding hydrogens is 280 g/mol. The van der Waals surface area contributed by atoms with Gasteiger partial charge < -0.3 is 5.11 Å². The fourth-order valence-corrected chi connectivity index (χ4v) is 2.42. The third-order valence-corrected chi connectivity index (χ3v) is 3.85. The summed E-state index contributed by atoms with van der Waals surface area (Å²) in [7, 11) is -3.65. The van der Waals surface area contributed by atoms with Crippen LogP contribution in [0.4, 0.5) is 0 Å². The van der Waals surface area contributed by atoms with Crippen molar-refractivity contribution in [2.45, 2.75) is 11.8 Å². The smallest absolute Gasteiger partial charge is 0.328 e. The molecule has 0 aliphatic heterocycles. The van der Waals surface area contributed by atoms with Crippen LogP contribution in [-0.2, 0) is 14.8 Å². The van der Waals surface area contributed by atoms with Gasteiger partial charge in [0.05, 0.1) is 16.9 Å². The Morgan fingerprint density at radius 3 is 2.55 bits per heavy atom. The first-order chi connectivity index (χ1) is 9.35. The first-order valence-electron chi connectivity index (χ1n) is 5.75. The van der Waals surface area contributed by atoms with Gasteiger partial charge in [0.15, 0.2) is 0 Å². The number of rotatable bonds is 6. The van der Waals surface area contributed by atoms with Gasteiger partial charge in [0.25, 0.3) is 0 Å². The van der Waals surface area contributed by atoms with Crippen LogP contribution < -0.4 is 4.72 Å². The van der Waals surface area contributed by atoms with Crippen LogP contribution in [0.3, 0.4) is 0 Å². The number of hydrogen-bond donors (Lipinski definition) is 2. The van der Waals surface area contributed by atoms with Gasteiger partial charge in [-0.1, -0.05) is 12.1 Å². The number of nitrogens with zero attached hydrogens (tertiary/aromatic N) is 1. The number of aliphatic carboxylic acids is 1. The Morgan fingerprint density at radius 2 is 2.05 bits per heavy atom. The second kappa shape index (κ2) is 6.84. The molecule has 1 unspecified atom stereocenters. The van der Waals surface area contributed by atoms with Crippen LogP contribution in [0.2, 0.25) is 0 Å². The lowest BCUT2D eigenvalue weighted by atomic mass is 10.2. The lowest BCUT2D eigenvalue weighted by Crippen LogP contribution is -2.27. The second-order valence-electron chi connectivity index (χ2n) is 4.12. The van der Waals surface area contributed by atoms with Crippen LogP contribution in [0.15, 0.2) is 35.2 Å². The van der Waals surface area contributed by atoms with E-state index in [0.717, 1.165) is 6.08 Å². The van der Waals surface area contributed by atoms with Gasteiger partial charge >= 0.3 is 5.97 Å². The van der Waals surface area contributed by atoms with Crippen molar-refractivity contribution < 1.29 is 18.3 Å². The summed E-state index contributed by atoms with van der Waals surface area (Å²) >= 11 is 0. The molecule has 0 saturated carbocycles. The van der Waals surface area contributed by atoms with Crippen molar-refractivity contribution in [3.63, 3.8) is 0 Å². The summed E-state index contributed by atoms with van der Waals surface area (Å²) in [5, 5.41) is 17.1. The normalized spacial score (nSPS) is 13.0. The molecule has 7 heteroatoms. The van der Waals surface area contributed by atoms with Gasteiger partial charge in [-0.3, -0.25) is 0 Å². The molecule has 0 fully saturated rings. The highest BCUT2D eigenvalue weighted by molar-refractivity contribution is 7.89. The van der Waals surface area contributed by atoms with E-state index in [-0.39, 0.29) is 11.4 Å². The number of carboxylic acids is 1. The molecule has 106 valence electrons. The Kier molecular flexibility index (Phi) is 5.43. The van der Waals surface area contributed by atoms with Crippen molar-refractivity contribution in [1.82, 2.24) is 4.72 Å². The van der Waals surface area contributed by atoms with Gasteiger partial charge in [-0.2, -0.15) is 5.26 Å². The maximum absolute atomic E-state index is 11.9. The van der Waals surface area contributed by atoms with Crippen LogP contribution in [0.5, 0.6) is 0 Å². The van der Waals surface area contributed by atoms with E-state index in [4.69, 9.17) is 10.4 Å². The van der Waals surface area contributed by atoms with Gasteiger partial charge in [0, 0.05) is 12.6 Å². The topological polar surface area (TPSA) is 107 Å². The summed E-state index contributed by atoms with van der Waals surface area (Å²) in [5.41, 5.74) is 0.580. The lowest BCUT2D eigenvalue weighted by molar-refractivity contribution is -0.131. The molecule has 2 N–H and O–H groups in total. The zero-order chi connectivity index (χ0) is 15.2. The number of nitrogens with one attached hydrogen (secondary N) is 1. The van der Waals surface area contributed by atoms with E-state index in [2.05, 4.69) is 4.72 Å². The molecule has 0 amide bonds. The summed E-state index contributed by atoms with van der Waals surface area (Å²) in [5.74, 6) is -1.49. The molecule has 20 heavy (non-hydrogen) atoms. The maximum Gasteiger partial charge on any atom is 0.328 e. The van der Waals surface area contributed by atoms with Crippen molar-refractivity contribution >= 4 is 22.1 Å². The minimum absolute atomic E-state index is 0.0412. The highest BCUT2D eigenvalue weighted by Crippen LogP contribution is 2.11. The average Bonchev–Trinajstić information content (AvgIpc) is 2.43. The van der Waals surface area contributed by atoms with Crippen LogP contribution in [-0.4, -0.2) is 26.0 Å². The van der Waals surface area contributed by atoms with Crippen LogP contribution in [0.25, 0.3) is 6.08 Å². The van der Waals surface area contributed by atoms with Gasteiger partial charge in [-0.05, 0) is 30.7 Å². The fraction of sp³-hybridized carbons (Fsp3) is 0.231. The summed E-state index contributed by atoms with van der Waals surface area (Å²) in [6, 6.07) is 7.69. The minimum atomic E-state index is -3.65. The van der Waals surface area contributed by atoms with Gasteiger partial charge in [-0.15, -0.1) is 0 Å². The van der Waals surface area contributed by atoms with Gasteiger partial charge in [0.1, 0.15) is 0 Å². The Morgan fingerprint density at radius 1 is 1.45 bits per heavy atom. The van der Waals surface area contributed by atoms with Crippen LogP contribution >= 0.6 is 0 Å². The molecule has 1 atom stereocenters. The number of carboxylic acid groups (broad SMARTS) is 1. The highest BCUT2D eigenvalue weighted by atomic mass is 32.2. The standard InChI is InChI=1S/C13H14N2O4S/c1-10(8-14)9-15-20(18,19)12-5-2-11(3-6-12)4-7-13(16)17/h2-7,10,15H,9H2,1H3,(H,16,17). The van der Waals surface area contributed by atoms with Gasteiger partial charge in [-0.25, -0.2) is 17.9 Å². The maximum atomic E-state index is 11.9. The van der Waals surface area contributed by atoms with E-state index in [0.29, 0.717) is 5.56 Å². The molecule has 0 radical (unpaired) electrons. The molecule has 0 heterocycles. The lowest BCUT2D eigenvalue weighted by Gasteiger charge is -2.07. The molecule has 1 aromatic carbocycles. The zero-order valence-electron chi connectivity index (χ0n) is 10.8. The average molecular weight is 294 g/mol. The minimum Gasteiger partial charge on any atom is -0.478 e. The Bertz CT molecular complexity index is 642. The quantitative estimate of drug-likeness (QED) is 0.767. The second-order valence-corrected chi connectivity index (χ2v) is 5.89. The van der Waals surface area contributed by atoms with Crippen molar-refractivity contribution in [3.05, 3.63) is 35.9 Å². The van der Waals surface area contributed by atoms with Crippen molar-refractivity contribution in [3.8, 4) is 6.07 Å². The Hall–Kier alpha value is -2.17. The van der Waals surface area contributed by atoms with E-state index in [1.165, 1.54) is 30.3 Å². The van der Waals surface area contributed by atoms with Crippen LogP contribution in [0.1, 0.15) is 12.5 Å². The molecule has 0 bridgehead atoms. The number of sulfonamides is 1. The monoisotopic (exact) mass is 294 g/mol. The molecule has 0 aliphatic rings. The number of hydrogen-bond acceptors (Lipinski definition) is 4. The Balaban J connectivity index is 2.82. The fourth-order valence-electron chi connectivity index (χ4n) is 1.29. The van der Waals surface area contributed by atoms with E-state index in [1.54, 1.807) is 6.92 Å². The van der Waals surface area contributed by atoms with Gasteiger partial charge in [0.2, 0.25) is 10.0 Å². The SMILES string of the molecule is CC(C#N)CNS(=O)(=O)c1ccc(C=CC(=O)O)cc1. The molecule has 1 rings (SSSR count). The molecule has 0 aromatic heterocycles. The highest BCUT2D eigenvalue weighted by Gasteiger charge is 2.14. The number of benzene rings is 1. The van der Waals surface area contributed by atoms with E-state index < -0.39 is 21.9 Å². The van der Waals surface area contributed by atoms with E-state index >= 15 is 0 Å². The molecule has 0 spiro atoms. The van der Waals surface area contributed by atoms with Crippen molar-refractivity contribution in [1.29, 1.82) is 5.26 Å².